The lowest BCUT2D eigenvalue weighted by Crippen LogP contribution is -2.16. The van der Waals surface area contributed by atoms with Crippen LogP contribution in [-0.2, 0) is 10.0 Å². The van der Waals surface area contributed by atoms with Crippen LogP contribution < -0.4 is 10.5 Å². The summed E-state index contributed by atoms with van der Waals surface area (Å²) in [4.78, 5) is -0.262. The second kappa shape index (κ2) is 5.30. The van der Waals surface area contributed by atoms with Gasteiger partial charge in [-0.1, -0.05) is 23.7 Å². The fraction of sp³-hybridized carbons (Fsp3) is 0.0769. The third-order valence-electron chi connectivity index (χ3n) is 2.63. The van der Waals surface area contributed by atoms with E-state index < -0.39 is 15.8 Å². The van der Waals surface area contributed by atoms with Gasteiger partial charge in [0.05, 0.1) is 16.4 Å². The predicted octanol–water partition coefficient (Wildman–Crippen LogP) is 3.17. The van der Waals surface area contributed by atoms with E-state index in [1.54, 1.807) is 6.92 Å². The van der Waals surface area contributed by atoms with E-state index in [9.17, 15) is 12.8 Å². The highest BCUT2D eigenvalue weighted by molar-refractivity contribution is 7.93. The number of nitrogen functional groups attached to an aromatic ring is 1. The molecule has 0 radical (unpaired) electrons. The Hall–Kier alpha value is -1.79. The Bertz CT molecular complexity index is 743. The zero-order valence-electron chi connectivity index (χ0n) is 10.5. The zero-order chi connectivity index (χ0) is 14.9. The summed E-state index contributed by atoms with van der Waals surface area (Å²) in [5, 5.41) is -0.0226. The Labute approximate surface area is 121 Å². The molecule has 0 spiro atoms. The third-order valence-corrected chi connectivity index (χ3v) is 4.54. The molecule has 20 heavy (non-hydrogen) atoms. The molecule has 7 heteroatoms. The van der Waals surface area contributed by atoms with Gasteiger partial charge in [-0.05, 0) is 36.8 Å². The fourth-order valence-electron chi connectivity index (χ4n) is 1.72. The third kappa shape index (κ3) is 2.86. The molecule has 0 bridgehead atoms. The molecule has 0 aliphatic rings. The van der Waals surface area contributed by atoms with Gasteiger partial charge in [0.25, 0.3) is 10.0 Å². The zero-order valence-corrected chi connectivity index (χ0v) is 12.1. The molecule has 106 valence electrons. The molecule has 4 nitrogen and oxygen atoms in total. The highest BCUT2D eigenvalue weighted by Crippen LogP contribution is 2.29. The van der Waals surface area contributed by atoms with Crippen molar-refractivity contribution in [2.45, 2.75) is 11.8 Å². The summed E-state index contributed by atoms with van der Waals surface area (Å²) in [6.45, 7) is 1.72. The van der Waals surface area contributed by atoms with Gasteiger partial charge >= 0.3 is 0 Å². The smallest absolute Gasteiger partial charge is 0.265 e. The predicted molar refractivity (Wildman–Crippen MR) is 77.8 cm³/mol. The standard InChI is InChI=1S/C13H12ClFN2O2S/c1-8-5-6-10(15)12(7-8)17-20(18,19)13-9(14)3-2-4-11(13)16/h2-7,17H,16H2,1H3. The van der Waals surface area contributed by atoms with E-state index in [1.807, 2.05) is 0 Å². The van der Waals surface area contributed by atoms with Crippen molar-refractivity contribution in [3.8, 4) is 0 Å². The molecule has 2 aromatic carbocycles. The number of hydrogen-bond acceptors (Lipinski definition) is 3. The van der Waals surface area contributed by atoms with Crippen LogP contribution >= 0.6 is 11.6 Å². The summed E-state index contributed by atoms with van der Waals surface area (Å²) in [5.41, 5.74) is 6.20. The first kappa shape index (κ1) is 14.6. The van der Waals surface area contributed by atoms with Crippen LogP contribution in [0.15, 0.2) is 41.3 Å². The SMILES string of the molecule is Cc1ccc(F)c(NS(=O)(=O)c2c(N)cccc2Cl)c1. The van der Waals surface area contributed by atoms with Crippen LogP contribution in [0.5, 0.6) is 0 Å². The maximum atomic E-state index is 13.6. The van der Waals surface area contributed by atoms with Gasteiger partial charge in [0.1, 0.15) is 10.7 Å². The van der Waals surface area contributed by atoms with E-state index in [2.05, 4.69) is 4.72 Å². The second-order valence-electron chi connectivity index (χ2n) is 4.25. The summed E-state index contributed by atoms with van der Waals surface area (Å²) >= 11 is 5.86. The number of hydrogen-bond donors (Lipinski definition) is 2. The molecule has 0 fully saturated rings. The van der Waals surface area contributed by atoms with Crippen molar-refractivity contribution in [1.82, 2.24) is 0 Å². The summed E-state index contributed by atoms with van der Waals surface area (Å²) < 4.78 is 40.3. The van der Waals surface area contributed by atoms with Crippen molar-refractivity contribution < 1.29 is 12.8 Å². The van der Waals surface area contributed by atoms with Gasteiger partial charge in [-0.2, -0.15) is 0 Å². The van der Waals surface area contributed by atoms with E-state index in [1.165, 1.54) is 36.4 Å². The number of aryl methyl sites for hydroxylation is 1. The average molecular weight is 315 g/mol. The minimum Gasteiger partial charge on any atom is -0.398 e. The van der Waals surface area contributed by atoms with Crippen LogP contribution in [-0.4, -0.2) is 8.42 Å². The van der Waals surface area contributed by atoms with Crippen molar-refractivity contribution in [2.24, 2.45) is 0 Å². The van der Waals surface area contributed by atoms with Gasteiger partial charge in [0.2, 0.25) is 0 Å². The van der Waals surface area contributed by atoms with Crippen LogP contribution in [0.2, 0.25) is 5.02 Å². The van der Waals surface area contributed by atoms with Crippen molar-refractivity contribution in [2.75, 3.05) is 10.5 Å². The molecule has 0 atom stereocenters. The topological polar surface area (TPSA) is 72.2 Å². The minimum atomic E-state index is -4.06. The van der Waals surface area contributed by atoms with Crippen LogP contribution in [0.3, 0.4) is 0 Å². The van der Waals surface area contributed by atoms with Crippen molar-refractivity contribution in [3.63, 3.8) is 0 Å². The van der Waals surface area contributed by atoms with Crippen molar-refractivity contribution in [3.05, 3.63) is 52.8 Å². The molecule has 3 N–H and O–H groups in total. The number of rotatable bonds is 3. The normalized spacial score (nSPS) is 11.3. The second-order valence-corrected chi connectivity index (χ2v) is 6.27. The Balaban J connectivity index is 2.49. The molecule has 2 rings (SSSR count). The Morgan fingerprint density at radius 2 is 1.95 bits per heavy atom. The number of sulfonamides is 1. The lowest BCUT2D eigenvalue weighted by molar-refractivity contribution is 0.599. The number of benzene rings is 2. The van der Waals surface area contributed by atoms with Gasteiger partial charge < -0.3 is 5.73 Å². The van der Waals surface area contributed by atoms with Gasteiger partial charge in [-0.25, -0.2) is 12.8 Å². The molecule has 2 aromatic rings. The Morgan fingerprint density at radius 1 is 1.25 bits per heavy atom. The van der Waals surface area contributed by atoms with Gasteiger partial charge in [-0.3, -0.25) is 4.72 Å². The number of anilines is 2. The van der Waals surface area contributed by atoms with E-state index in [-0.39, 0.29) is 21.3 Å². The molecule has 0 saturated carbocycles. The minimum absolute atomic E-state index is 0.00180. The van der Waals surface area contributed by atoms with E-state index >= 15 is 0 Å². The van der Waals surface area contributed by atoms with Crippen molar-refractivity contribution >= 4 is 33.0 Å². The summed E-state index contributed by atoms with van der Waals surface area (Å²) in [7, 11) is -4.06. The largest absolute Gasteiger partial charge is 0.398 e. The number of nitrogens with two attached hydrogens (primary N) is 1. The molecule has 0 aliphatic heterocycles. The first-order valence-corrected chi connectivity index (χ1v) is 7.50. The highest BCUT2D eigenvalue weighted by Gasteiger charge is 2.22. The monoisotopic (exact) mass is 314 g/mol. The summed E-state index contributed by atoms with van der Waals surface area (Å²) in [6, 6.07) is 8.45. The van der Waals surface area contributed by atoms with Gasteiger partial charge in [0.15, 0.2) is 0 Å². The molecule has 0 aromatic heterocycles. The summed E-state index contributed by atoms with van der Waals surface area (Å²) in [5.74, 6) is -0.676. The molecular formula is C13H12ClFN2O2S. The quantitative estimate of drug-likeness (QED) is 0.855. The lowest BCUT2D eigenvalue weighted by Gasteiger charge is -2.12. The maximum absolute atomic E-state index is 13.6. The van der Waals surface area contributed by atoms with Crippen molar-refractivity contribution in [1.29, 1.82) is 0 Å². The van der Waals surface area contributed by atoms with E-state index in [0.29, 0.717) is 0 Å². The van der Waals surface area contributed by atoms with Crippen LogP contribution in [0, 0.1) is 12.7 Å². The fourth-order valence-corrected chi connectivity index (χ4v) is 3.46. The number of nitrogens with one attached hydrogen (secondary N) is 1. The Morgan fingerprint density at radius 3 is 2.60 bits per heavy atom. The number of halogens is 2. The van der Waals surface area contributed by atoms with Gasteiger partial charge in [0, 0.05) is 0 Å². The van der Waals surface area contributed by atoms with E-state index in [0.717, 1.165) is 5.56 Å². The van der Waals surface area contributed by atoms with Crippen LogP contribution in [0.1, 0.15) is 5.56 Å². The molecule has 0 aliphatic carbocycles. The average Bonchev–Trinajstić information content (AvgIpc) is 2.33. The first-order chi connectivity index (χ1) is 9.31. The lowest BCUT2D eigenvalue weighted by atomic mass is 10.2. The van der Waals surface area contributed by atoms with Crippen LogP contribution in [0.4, 0.5) is 15.8 Å². The van der Waals surface area contributed by atoms with Gasteiger partial charge in [-0.15, -0.1) is 0 Å². The Kier molecular flexibility index (Phi) is 3.87. The van der Waals surface area contributed by atoms with E-state index in [4.69, 9.17) is 17.3 Å². The molecule has 0 amide bonds. The molecule has 0 unspecified atom stereocenters. The highest BCUT2D eigenvalue weighted by atomic mass is 35.5. The first-order valence-electron chi connectivity index (χ1n) is 5.64. The molecular weight excluding hydrogens is 303 g/mol. The molecule has 0 heterocycles. The molecule has 0 saturated heterocycles. The summed E-state index contributed by atoms with van der Waals surface area (Å²) in [6.07, 6.45) is 0. The maximum Gasteiger partial charge on any atom is 0.265 e. The van der Waals surface area contributed by atoms with Crippen LogP contribution in [0.25, 0.3) is 0 Å².